The van der Waals surface area contributed by atoms with E-state index >= 15 is 0 Å². The summed E-state index contributed by atoms with van der Waals surface area (Å²) < 4.78 is 21.2. The average molecular weight is 473 g/mol. The zero-order valence-electron chi connectivity index (χ0n) is 19.4. The molecule has 5 N–H and O–H groups in total. The van der Waals surface area contributed by atoms with Crippen molar-refractivity contribution in [3.05, 3.63) is 29.8 Å². The summed E-state index contributed by atoms with van der Waals surface area (Å²) in [4.78, 5) is 31.3. The van der Waals surface area contributed by atoms with Crippen LogP contribution >= 0.6 is 7.82 Å². The molecule has 0 radical (unpaired) electrons. The number of amides is 1. The number of nitrogens with zero attached hydrogens (tertiary/aromatic N) is 1. The highest BCUT2D eigenvalue weighted by atomic mass is 31.2. The van der Waals surface area contributed by atoms with Gasteiger partial charge in [0.05, 0.1) is 6.61 Å². The van der Waals surface area contributed by atoms with Crippen LogP contribution in [0.1, 0.15) is 76.7 Å². The molecule has 2 rings (SSSR count). The van der Waals surface area contributed by atoms with Crippen LogP contribution in [0.2, 0.25) is 0 Å². The Morgan fingerprint density at radius 3 is 2.31 bits per heavy atom. The normalized spacial score (nSPS) is 14.0. The fourth-order valence-electron chi connectivity index (χ4n) is 3.71. The van der Waals surface area contributed by atoms with E-state index in [4.69, 9.17) is 14.5 Å². The molecule has 1 heterocycles. The Hall–Kier alpha value is -1.44. The lowest BCUT2D eigenvalue weighted by Crippen LogP contribution is -2.54. The third kappa shape index (κ3) is 12.0. The molecule has 1 amide bonds. The summed E-state index contributed by atoms with van der Waals surface area (Å²) in [7, 11) is -4.49. The summed E-state index contributed by atoms with van der Waals surface area (Å²) in [5.41, 5.74) is 1.04. The first kappa shape index (κ1) is 28.6. The number of phosphoric ester groups is 1. The molecule has 184 valence electrons. The maximum atomic E-state index is 12.2. The molecule has 9 heteroatoms. The van der Waals surface area contributed by atoms with Gasteiger partial charge in [0.25, 0.3) is 0 Å². The molecule has 32 heavy (non-hydrogen) atoms. The molecular weight excluding hydrogens is 431 g/mol. The molecule has 1 aliphatic rings. The number of rotatable bonds is 16. The molecule has 0 unspecified atom stereocenters. The van der Waals surface area contributed by atoms with Gasteiger partial charge in [0.1, 0.15) is 11.9 Å². The maximum absolute atomic E-state index is 12.2. The summed E-state index contributed by atoms with van der Waals surface area (Å²) in [6.45, 7) is 3.41. The topological polar surface area (TPSA) is 131 Å². The van der Waals surface area contributed by atoms with E-state index in [9.17, 15) is 9.36 Å². The summed E-state index contributed by atoms with van der Waals surface area (Å²) in [5, 5.41) is 0. The molecule has 0 saturated carbocycles. The minimum atomic E-state index is -4.49. The van der Waals surface area contributed by atoms with Crippen molar-refractivity contribution in [1.82, 2.24) is 11.1 Å². The van der Waals surface area contributed by atoms with Gasteiger partial charge in [-0.2, -0.15) is 0 Å². The standard InChI is InChI=1S/C23H38NO6P.H3N/c1-2-3-4-5-6-7-8-9-10-16-29-21-13-11-12-20(17-21)14-15-23(25)24-18-22(19-24)30-31(26,27)28;/h11-13,17,22H,2-10,14-16,18-19H2,1H3,(H2,26,27,28);1H3. The first-order valence-electron chi connectivity index (χ1n) is 11.6. The Kier molecular flexibility index (Phi) is 13.8. The van der Waals surface area contributed by atoms with E-state index in [1.165, 1.54) is 51.4 Å². The largest absolute Gasteiger partial charge is 0.494 e. The molecule has 0 bridgehead atoms. The van der Waals surface area contributed by atoms with Gasteiger partial charge in [-0.15, -0.1) is 0 Å². The zero-order chi connectivity index (χ0) is 22.5. The second-order valence-electron chi connectivity index (χ2n) is 8.34. The van der Waals surface area contributed by atoms with Crippen LogP contribution in [0.15, 0.2) is 24.3 Å². The number of phosphoric acid groups is 1. The molecule has 8 nitrogen and oxygen atoms in total. The van der Waals surface area contributed by atoms with Crippen molar-refractivity contribution >= 4 is 13.7 Å². The maximum Gasteiger partial charge on any atom is 0.469 e. The average Bonchev–Trinajstić information content (AvgIpc) is 2.69. The summed E-state index contributed by atoms with van der Waals surface area (Å²) in [5.74, 6) is 0.801. The number of carbonyl (C=O) groups excluding carboxylic acids is 1. The van der Waals surface area contributed by atoms with Crippen molar-refractivity contribution in [2.75, 3.05) is 19.7 Å². The number of likely N-dealkylation sites (tertiary alicyclic amines) is 1. The third-order valence-corrected chi connectivity index (χ3v) is 6.10. The molecule has 1 fully saturated rings. The fraction of sp³-hybridized carbons (Fsp3) is 0.696. The lowest BCUT2D eigenvalue weighted by atomic mass is 10.1. The number of unbranched alkanes of at least 4 members (excludes halogenated alkanes) is 8. The van der Waals surface area contributed by atoms with Crippen LogP contribution in [0.5, 0.6) is 5.75 Å². The van der Waals surface area contributed by atoms with Crippen molar-refractivity contribution in [1.29, 1.82) is 0 Å². The van der Waals surface area contributed by atoms with E-state index in [-0.39, 0.29) is 25.1 Å². The third-order valence-electron chi connectivity index (χ3n) is 5.53. The number of hydrogen-bond acceptors (Lipinski definition) is 5. The predicted molar refractivity (Wildman–Crippen MR) is 126 cm³/mol. The first-order chi connectivity index (χ1) is 14.9. The predicted octanol–water partition coefficient (Wildman–Crippen LogP) is 5.01. The van der Waals surface area contributed by atoms with Gasteiger partial charge in [0.15, 0.2) is 0 Å². The number of hydrogen-bond donors (Lipinski definition) is 3. The first-order valence-corrected chi connectivity index (χ1v) is 13.1. The van der Waals surface area contributed by atoms with Crippen molar-refractivity contribution in [2.24, 2.45) is 0 Å². The Bertz CT molecular complexity index is 705. The minimum Gasteiger partial charge on any atom is -0.494 e. The van der Waals surface area contributed by atoms with Gasteiger partial charge in [0.2, 0.25) is 5.91 Å². The molecule has 0 spiro atoms. The Balaban J connectivity index is 0.00000512. The fourth-order valence-corrected chi connectivity index (χ4v) is 4.23. The van der Waals surface area contributed by atoms with E-state index in [1.807, 2.05) is 24.3 Å². The van der Waals surface area contributed by atoms with Gasteiger partial charge in [-0.3, -0.25) is 9.32 Å². The van der Waals surface area contributed by atoms with Crippen molar-refractivity contribution in [3.63, 3.8) is 0 Å². The Labute approximate surface area is 192 Å². The molecule has 1 saturated heterocycles. The van der Waals surface area contributed by atoms with E-state index in [0.717, 1.165) is 17.7 Å². The van der Waals surface area contributed by atoms with Gasteiger partial charge < -0.3 is 25.6 Å². The Morgan fingerprint density at radius 1 is 1.06 bits per heavy atom. The molecule has 0 aliphatic carbocycles. The van der Waals surface area contributed by atoms with Crippen LogP contribution in [0.25, 0.3) is 0 Å². The van der Waals surface area contributed by atoms with Crippen LogP contribution in [0.3, 0.4) is 0 Å². The van der Waals surface area contributed by atoms with E-state index < -0.39 is 13.9 Å². The van der Waals surface area contributed by atoms with Crippen molar-refractivity contribution in [3.8, 4) is 5.75 Å². The van der Waals surface area contributed by atoms with E-state index in [0.29, 0.717) is 19.4 Å². The molecule has 1 aliphatic heterocycles. The molecule has 1 aromatic carbocycles. The number of benzene rings is 1. The van der Waals surface area contributed by atoms with Gasteiger partial charge in [-0.25, -0.2) is 4.57 Å². The van der Waals surface area contributed by atoms with Crippen molar-refractivity contribution < 1.29 is 28.4 Å². The second-order valence-corrected chi connectivity index (χ2v) is 9.53. The number of carbonyl (C=O) groups is 1. The highest BCUT2D eigenvalue weighted by molar-refractivity contribution is 7.46. The molecular formula is C23H41N2O6P. The van der Waals surface area contributed by atoms with Gasteiger partial charge in [0, 0.05) is 19.5 Å². The quantitative estimate of drug-likeness (QED) is 0.228. The lowest BCUT2D eigenvalue weighted by Gasteiger charge is -2.38. The van der Waals surface area contributed by atoms with E-state index in [2.05, 4.69) is 11.4 Å². The number of ether oxygens (including phenoxy) is 1. The van der Waals surface area contributed by atoms with Crippen LogP contribution in [-0.2, 0) is 20.3 Å². The highest BCUT2D eigenvalue weighted by Crippen LogP contribution is 2.39. The summed E-state index contributed by atoms with van der Waals surface area (Å²) >= 11 is 0. The highest BCUT2D eigenvalue weighted by Gasteiger charge is 2.35. The van der Waals surface area contributed by atoms with Gasteiger partial charge in [-0.1, -0.05) is 70.4 Å². The lowest BCUT2D eigenvalue weighted by molar-refractivity contribution is -0.140. The smallest absolute Gasteiger partial charge is 0.469 e. The van der Waals surface area contributed by atoms with Crippen LogP contribution < -0.4 is 10.9 Å². The molecule has 0 aromatic heterocycles. The monoisotopic (exact) mass is 472 g/mol. The summed E-state index contributed by atoms with van der Waals surface area (Å²) in [6.07, 6.45) is 11.9. The minimum absolute atomic E-state index is 0. The van der Waals surface area contributed by atoms with Crippen molar-refractivity contribution in [2.45, 2.75) is 83.7 Å². The number of aryl methyl sites for hydroxylation is 1. The van der Waals surface area contributed by atoms with Crippen LogP contribution in [0.4, 0.5) is 0 Å². The Morgan fingerprint density at radius 2 is 1.69 bits per heavy atom. The molecule has 0 atom stereocenters. The van der Waals surface area contributed by atoms with Crippen LogP contribution in [-0.4, -0.2) is 46.4 Å². The summed E-state index contributed by atoms with van der Waals surface area (Å²) in [6, 6.07) is 7.85. The second kappa shape index (κ2) is 15.4. The van der Waals surface area contributed by atoms with Crippen LogP contribution in [0, 0.1) is 0 Å². The molecule has 1 aromatic rings. The van der Waals surface area contributed by atoms with Gasteiger partial charge in [-0.05, 0) is 30.5 Å². The van der Waals surface area contributed by atoms with E-state index in [1.54, 1.807) is 4.90 Å². The zero-order valence-corrected chi connectivity index (χ0v) is 20.3. The van der Waals surface area contributed by atoms with Gasteiger partial charge >= 0.3 is 7.82 Å². The SMILES string of the molecule is CCCCCCCCCCCOc1cccc(CCC(=O)N2CC(OP(=O)(O)O)C2)c1.N.